The first-order chi connectivity index (χ1) is 23.3. The van der Waals surface area contributed by atoms with E-state index >= 15 is 0 Å². The fourth-order valence-corrected chi connectivity index (χ4v) is 7.19. The number of rotatable bonds is 3. The van der Waals surface area contributed by atoms with Crippen LogP contribution in [0.4, 0.5) is 0 Å². The molecule has 0 saturated heterocycles. The molecule has 2 heterocycles. The largest absolute Gasteiger partial charge is 0.309 e. The Morgan fingerprint density at radius 3 is 1.53 bits per heavy atom. The predicted octanol–water partition coefficient (Wildman–Crippen LogP) is 11.5. The zero-order valence-corrected chi connectivity index (χ0v) is 25.4. The predicted molar refractivity (Wildman–Crippen MR) is 197 cm³/mol. The highest BCUT2D eigenvalue weighted by molar-refractivity contribution is 6.13. The summed E-state index contributed by atoms with van der Waals surface area (Å²) in [5, 5.41) is 9.74. The van der Waals surface area contributed by atoms with E-state index in [2.05, 4.69) is 168 Å². The summed E-state index contributed by atoms with van der Waals surface area (Å²) in [7, 11) is 0. The minimum Gasteiger partial charge on any atom is -0.309 e. The van der Waals surface area contributed by atoms with Gasteiger partial charge in [0.05, 0.1) is 33.5 Å². The smallest absolute Gasteiger partial charge is 0.0973 e. The standard InChI is InChI=1S/C44H27N3/c1-3-11-30-23-34(19-17-28(30)9-1)43-44(35-20-18-29-10-2-4-12-31(29)24-35)46-40-27-36(21-22-39(40)45-43)47-41-16-8-7-15-37(41)38-25-32-13-5-6-14-33(32)26-42(38)47/h1-27H. The number of benzene rings is 8. The molecule has 0 unspecified atom stereocenters. The van der Waals surface area contributed by atoms with Gasteiger partial charge < -0.3 is 4.57 Å². The van der Waals surface area contributed by atoms with Gasteiger partial charge in [-0.3, -0.25) is 0 Å². The summed E-state index contributed by atoms with van der Waals surface area (Å²) in [6.45, 7) is 0. The molecule has 47 heavy (non-hydrogen) atoms. The molecule has 0 aliphatic heterocycles. The third-order valence-corrected chi connectivity index (χ3v) is 9.49. The van der Waals surface area contributed by atoms with Gasteiger partial charge in [0.2, 0.25) is 0 Å². The minimum absolute atomic E-state index is 0.863. The van der Waals surface area contributed by atoms with Gasteiger partial charge in [0.25, 0.3) is 0 Å². The van der Waals surface area contributed by atoms with Gasteiger partial charge in [-0.2, -0.15) is 0 Å². The summed E-state index contributed by atoms with van der Waals surface area (Å²) in [5.41, 5.74) is 9.02. The van der Waals surface area contributed by atoms with E-state index in [9.17, 15) is 0 Å². The molecule has 0 radical (unpaired) electrons. The topological polar surface area (TPSA) is 30.7 Å². The lowest BCUT2D eigenvalue weighted by Gasteiger charge is -2.14. The molecule has 218 valence electrons. The second-order valence-corrected chi connectivity index (χ2v) is 12.3. The lowest BCUT2D eigenvalue weighted by molar-refractivity contribution is 1.18. The Morgan fingerprint density at radius 2 is 0.872 bits per heavy atom. The first kappa shape index (κ1) is 26.0. The van der Waals surface area contributed by atoms with Gasteiger partial charge in [-0.1, -0.05) is 115 Å². The van der Waals surface area contributed by atoms with Crippen LogP contribution in [0, 0.1) is 0 Å². The minimum atomic E-state index is 0.863. The van der Waals surface area contributed by atoms with E-state index in [0.29, 0.717) is 0 Å². The van der Waals surface area contributed by atoms with Gasteiger partial charge in [0.15, 0.2) is 0 Å². The van der Waals surface area contributed by atoms with Gasteiger partial charge in [-0.05, 0) is 80.8 Å². The summed E-state index contributed by atoms with van der Waals surface area (Å²) >= 11 is 0. The lowest BCUT2D eigenvalue weighted by atomic mass is 9.99. The van der Waals surface area contributed by atoms with E-state index < -0.39 is 0 Å². The number of aromatic nitrogens is 3. The van der Waals surface area contributed by atoms with Crippen LogP contribution < -0.4 is 0 Å². The van der Waals surface area contributed by atoms with E-state index in [-0.39, 0.29) is 0 Å². The van der Waals surface area contributed by atoms with Crippen molar-refractivity contribution in [3.8, 4) is 28.2 Å². The van der Waals surface area contributed by atoms with Crippen LogP contribution in [-0.2, 0) is 0 Å². The molecule has 0 bridgehead atoms. The van der Waals surface area contributed by atoms with Crippen LogP contribution in [0.3, 0.4) is 0 Å². The fourth-order valence-electron chi connectivity index (χ4n) is 7.19. The highest BCUT2D eigenvalue weighted by atomic mass is 15.0. The van der Waals surface area contributed by atoms with Gasteiger partial charge in [-0.25, -0.2) is 9.97 Å². The van der Waals surface area contributed by atoms with Crippen LogP contribution in [0.1, 0.15) is 0 Å². The van der Waals surface area contributed by atoms with E-state index in [1.807, 2.05) is 0 Å². The normalized spacial score (nSPS) is 11.8. The van der Waals surface area contributed by atoms with E-state index in [1.165, 1.54) is 54.1 Å². The first-order valence-corrected chi connectivity index (χ1v) is 16.0. The highest BCUT2D eigenvalue weighted by Gasteiger charge is 2.17. The molecule has 3 nitrogen and oxygen atoms in total. The Kier molecular flexibility index (Phi) is 5.57. The zero-order chi connectivity index (χ0) is 30.9. The van der Waals surface area contributed by atoms with Crippen molar-refractivity contribution in [2.45, 2.75) is 0 Å². The number of fused-ring (bicyclic) bond motifs is 7. The van der Waals surface area contributed by atoms with Crippen molar-refractivity contribution in [3.63, 3.8) is 0 Å². The van der Waals surface area contributed by atoms with E-state index in [4.69, 9.17) is 9.97 Å². The Hall–Kier alpha value is -6.32. The summed E-state index contributed by atoms with van der Waals surface area (Å²) in [5.74, 6) is 0. The average Bonchev–Trinajstić information content (AvgIpc) is 3.45. The van der Waals surface area contributed by atoms with Crippen LogP contribution in [0.5, 0.6) is 0 Å². The number of para-hydroxylation sites is 1. The van der Waals surface area contributed by atoms with Crippen LogP contribution in [-0.4, -0.2) is 14.5 Å². The van der Waals surface area contributed by atoms with Gasteiger partial charge in [0, 0.05) is 27.6 Å². The molecule has 0 spiro atoms. The second kappa shape index (κ2) is 10.1. The van der Waals surface area contributed by atoms with Crippen molar-refractivity contribution in [1.82, 2.24) is 14.5 Å². The summed E-state index contributed by atoms with van der Waals surface area (Å²) in [6, 6.07) is 58.5. The molecular formula is C44H27N3. The molecule has 2 aromatic heterocycles. The zero-order valence-electron chi connectivity index (χ0n) is 25.4. The van der Waals surface area contributed by atoms with Crippen LogP contribution in [0.2, 0.25) is 0 Å². The second-order valence-electron chi connectivity index (χ2n) is 12.3. The van der Waals surface area contributed by atoms with Gasteiger partial charge in [-0.15, -0.1) is 0 Å². The summed E-state index contributed by atoms with van der Waals surface area (Å²) in [6.07, 6.45) is 0. The van der Waals surface area contributed by atoms with Crippen LogP contribution in [0.15, 0.2) is 164 Å². The molecule has 10 rings (SSSR count). The van der Waals surface area contributed by atoms with Gasteiger partial charge in [0.1, 0.15) is 0 Å². The lowest BCUT2D eigenvalue weighted by Crippen LogP contribution is -1.98. The Morgan fingerprint density at radius 1 is 0.340 bits per heavy atom. The molecule has 0 fully saturated rings. The Balaban J connectivity index is 1.23. The quantitative estimate of drug-likeness (QED) is 0.203. The maximum absolute atomic E-state index is 5.41. The fraction of sp³-hybridized carbons (Fsp3) is 0. The molecular weight excluding hydrogens is 571 g/mol. The van der Waals surface area contributed by atoms with Crippen molar-refractivity contribution in [1.29, 1.82) is 0 Å². The van der Waals surface area contributed by atoms with Crippen molar-refractivity contribution < 1.29 is 0 Å². The third kappa shape index (κ3) is 4.14. The van der Waals surface area contributed by atoms with Gasteiger partial charge >= 0.3 is 0 Å². The maximum Gasteiger partial charge on any atom is 0.0973 e. The molecule has 8 aromatic carbocycles. The molecule has 0 aliphatic rings. The van der Waals surface area contributed by atoms with E-state index in [1.54, 1.807) is 0 Å². The highest BCUT2D eigenvalue weighted by Crippen LogP contribution is 2.37. The molecule has 0 N–H and O–H groups in total. The Bertz CT molecular complexity index is 2860. The van der Waals surface area contributed by atoms with Crippen LogP contribution in [0.25, 0.3) is 93.4 Å². The molecule has 3 heteroatoms. The third-order valence-electron chi connectivity index (χ3n) is 9.49. The van der Waals surface area contributed by atoms with Crippen LogP contribution >= 0.6 is 0 Å². The summed E-state index contributed by atoms with van der Waals surface area (Å²) in [4.78, 5) is 10.7. The molecule has 0 aliphatic carbocycles. The number of nitrogens with zero attached hydrogens (tertiary/aromatic N) is 3. The molecule has 10 aromatic rings. The SMILES string of the molecule is c1ccc2cc(-c3nc4ccc(-n5c6ccccc6c6cc7ccccc7cc65)cc4nc3-c3ccc4ccccc4c3)ccc2c1. The van der Waals surface area contributed by atoms with Crippen molar-refractivity contribution in [2.75, 3.05) is 0 Å². The van der Waals surface area contributed by atoms with Crippen molar-refractivity contribution >= 4 is 65.2 Å². The molecule has 0 amide bonds. The summed E-state index contributed by atoms with van der Waals surface area (Å²) < 4.78 is 2.37. The Labute approximate surface area is 271 Å². The van der Waals surface area contributed by atoms with Crippen molar-refractivity contribution in [2.24, 2.45) is 0 Å². The number of hydrogen-bond acceptors (Lipinski definition) is 2. The van der Waals surface area contributed by atoms with E-state index in [0.717, 1.165) is 39.2 Å². The monoisotopic (exact) mass is 597 g/mol. The number of hydrogen-bond donors (Lipinski definition) is 0. The maximum atomic E-state index is 5.41. The molecule has 0 saturated carbocycles. The molecule has 0 atom stereocenters. The first-order valence-electron chi connectivity index (χ1n) is 16.0. The van der Waals surface area contributed by atoms with Crippen molar-refractivity contribution in [3.05, 3.63) is 164 Å². The average molecular weight is 598 g/mol.